The monoisotopic (exact) mass is 367 g/mol. The Morgan fingerprint density at radius 2 is 2.07 bits per heavy atom. The molecule has 1 aromatic carbocycles. The second kappa shape index (κ2) is 10.5. The van der Waals surface area contributed by atoms with Gasteiger partial charge in [0.2, 0.25) is 0 Å². The van der Waals surface area contributed by atoms with E-state index in [9.17, 15) is 14.9 Å². The predicted octanol–water partition coefficient (Wildman–Crippen LogP) is 3.37. The van der Waals surface area contributed by atoms with Gasteiger partial charge in [0.05, 0.1) is 30.7 Å². The van der Waals surface area contributed by atoms with E-state index in [-0.39, 0.29) is 12.1 Å². The molecule has 0 saturated heterocycles. The number of nitriles is 1. The zero-order valence-electron chi connectivity index (χ0n) is 15.0. The molecule has 2 aromatic rings. The van der Waals surface area contributed by atoms with Crippen molar-refractivity contribution in [2.75, 3.05) is 11.9 Å². The molecule has 0 unspecified atom stereocenters. The zero-order chi connectivity index (χ0) is 19.5. The van der Waals surface area contributed by atoms with E-state index in [1.54, 1.807) is 36.4 Å². The van der Waals surface area contributed by atoms with Gasteiger partial charge in [0, 0.05) is 6.20 Å². The van der Waals surface area contributed by atoms with Gasteiger partial charge < -0.3 is 19.8 Å². The second-order valence-electron chi connectivity index (χ2n) is 5.61. The number of anilines is 1. The Morgan fingerprint density at radius 1 is 1.26 bits per heavy atom. The van der Waals surface area contributed by atoms with Crippen LogP contribution in [0.5, 0.6) is 0 Å². The predicted molar refractivity (Wildman–Crippen MR) is 99.5 cm³/mol. The molecule has 0 fully saturated rings. The first-order chi connectivity index (χ1) is 13.2. The fraction of sp³-hybridized carbons (Fsp3) is 0.250. The van der Waals surface area contributed by atoms with Crippen LogP contribution in [-0.4, -0.2) is 18.5 Å². The standard InChI is InChI=1S/C20H21N3O4/c1-2-3-10-27-20(25)17-8-4-5-9-18(17)22-13-15(12-21)19(24)23-14-16-7-6-11-26-16/h4-9,11,13,22H,2-3,10,14H2,1H3,(H,23,24)/b15-13-. The summed E-state index contributed by atoms with van der Waals surface area (Å²) in [6.07, 6.45) is 4.47. The summed E-state index contributed by atoms with van der Waals surface area (Å²) in [5, 5.41) is 14.6. The number of carbonyl (C=O) groups is 2. The first kappa shape index (κ1) is 19.8. The van der Waals surface area contributed by atoms with Gasteiger partial charge in [-0.05, 0) is 30.7 Å². The van der Waals surface area contributed by atoms with Crippen molar-refractivity contribution in [3.05, 3.63) is 65.8 Å². The molecule has 0 aliphatic heterocycles. The summed E-state index contributed by atoms with van der Waals surface area (Å²) in [5.41, 5.74) is 0.652. The zero-order valence-corrected chi connectivity index (χ0v) is 15.0. The number of rotatable bonds is 9. The van der Waals surface area contributed by atoms with Crippen LogP contribution >= 0.6 is 0 Å². The molecule has 1 aromatic heterocycles. The number of amides is 1. The summed E-state index contributed by atoms with van der Waals surface area (Å²) < 4.78 is 10.3. The van der Waals surface area contributed by atoms with E-state index >= 15 is 0 Å². The van der Waals surface area contributed by atoms with Crippen LogP contribution in [-0.2, 0) is 16.1 Å². The molecule has 7 nitrogen and oxygen atoms in total. The molecule has 0 aliphatic rings. The largest absolute Gasteiger partial charge is 0.467 e. The lowest BCUT2D eigenvalue weighted by atomic mass is 10.1. The van der Waals surface area contributed by atoms with E-state index < -0.39 is 11.9 Å². The second-order valence-corrected chi connectivity index (χ2v) is 5.61. The fourth-order valence-electron chi connectivity index (χ4n) is 2.15. The Labute approximate surface area is 157 Å². The van der Waals surface area contributed by atoms with E-state index in [1.807, 2.05) is 13.0 Å². The number of carbonyl (C=O) groups excluding carboxylic acids is 2. The van der Waals surface area contributed by atoms with Gasteiger partial charge >= 0.3 is 5.97 Å². The smallest absolute Gasteiger partial charge is 0.340 e. The highest BCUT2D eigenvalue weighted by Gasteiger charge is 2.13. The summed E-state index contributed by atoms with van der Waals surface area (Å²) >= 11 is 0. The first-order valence-corrected chi connectivity index (χ1v) is 8.59. The number of para-hydroxylation sites is 1. The molecule has 1 heterocycles. The molecular formula is C20H21N3O4. The third kappa shape index (κ3) is 6.04. The summed E-state index contributed by atoms with van der Waals surface area (Å²) in [5.74, 6) is -0.432. The van der Waals surface area contributed by atoms with Gasteiger partial charge in [-0.2, -0.15) is 5.26 Å². The molecule has 7 heteroatoms. The Balaban J connectivity index is 2.03. The summed E-state index contributed by atoms with van der Waals surface area (Å²) in [7, 11) is 0. The molecule has 0 saturated carbocycles. The van der Waals surface area contributed by atoms with Gasteiger partial charge in [0.15, 0.2) is 0 Å². The fourth-order valence-corrected chi connectivity index (χ4v) is 2.15. The highest BCUT2D eigenvalue weighted by atomic mass is 16.5. The van der Waals surface area contributed by atoms with Crippen molar-refractivity contribution in [3.63, 3.8) is 0 Å². The average molecular weight is 367 g/mol. The number of benzene rings is 1. The van der Waals surface area contributed by atoms with Crippen LogP contribution in [0.15, 0.2) is 58.9 Å². The minimum Gasteiger partial charge on any atom is -0.467 e. The summed E-state index contributed by atoms with van der Waals surface area (Å²) in [4.78, 5) is 24.3. The molecule has 1 amide bonds. The van der Waals surface area contributed by atoms with Gasteiger partial charge in [-0.3, -0.25) is 4.79 Å². The van der Waals surface area contributed by atoms with E-state index in [1.165, 1.54) is 12.5 Å². The van der Waals surface area contributed by atoms with Crippen LogP contribution in [0.3, 0.4) is 0 Å². The van der Waals surface area contributed by atoms with Gasteiger partial charge in [0.25, 0.3) is 5.91 Å². The van der Waals surface area contributed by atoms with Crippen molar-refractivity contribution in [1.29, 1.82) is 5.26 Å². The van der Waals surface area contributed by atoms with Crippen LogP contribution in [0, 0.1) is 11.3 Å². The summed E-state index contributed by atoms with van der Waals surface area (Å²) in [6, 6.07) is 12.0. The highest BCUT2D eigenvalue weighted by Crippen LogP contribution is 2.17. The maximum Gasteiger partial charge on any atom is 0.340 e. The highest BCUT2D eigenvalue weighted by molar-refractivity contribution is 5.98. The molecule has 27 heavy (non-hydrogen) atoms. The first-order valence-electron chi connectivity index (χ1n) is 8.59. The Morgan fingerprint density at radius 3 is 2.78 bits per heavy atom. The average Bonchev–Trinajstić information content (AvgIpc) is 3.21. The third-order valence-electron chi connectivity index (χ3n) is 3.62. The van der Waals surface area contributed by atoms with E-state index in [2.05, 4.69) is 10.6 Å². The Kier molecular flexibility index (Phi) is 7.67. The van der Waals surface area contributed by atoms with Crippen molar-refractivity contribution < 1.29 is 18.7 Å². The quantitative estimate of drug-likeness (QED) is 0.305. The number of nitrogens with zero attached hydrogens (tertiary/aromatic N) is 1. The number of esters is 1. The Bertz CT molecular complexity index is 835. The van der Waals surface area contributed by atoms with Crippen LogP contribution in [0.2, 0.25) is 0 Å². The number of hydrogen-bond donors (Lipinski definition) is 2. The lowest BCUT2D eigenvalue weighted by Crippen LogP contribution is -2.24. The van der Waals surface area contributed by atoms with Crippen molar-refractivity contribution in [3.8, 4) is 6.07 Å². The molecule has 0 bridgehead atoms. The lowest BCUT2D eigenvalue weighted by molar-refractivity contribution is -0.117. The maximum absolute atomic E-state index is 12.2. The minimum atomic E-state index is -0.551. The molecular weight excluding hydrogens is 346 g/mol. The van der Waals surface area contributed by atoms with E-state index in [4.69, 9.17) is 9.15 Å². The molecule has 0 spiro atoms. The SMILES string of the molecule is CCCCOC(=O)c1ccccc1N/C=C(/C#N)C(=O)NCc1ccco1. The number of furan rings is 1. The third-order valence-corrected chi connectivity index (χ3v) is 3.62. The van der Waals surface area contributed by atoms with Crippen molar-refractivity contribution >= 4 is 17.6 Å². The summed E-state index contributed by atoms with van der Waals surface area (Å²) in [6.45, 7) is 2.53. The van der Waals surface area contributed by atoms with Gasteiger partial charge in [-0.15, -0.1) is 0 Å². The van der Waals surface area contributed by atoms with Crippen LogP contribution in [0.25, 0.3) is 0 Å². The number of unbranched alkanes of at least 4 members (excludes halogenated alkanes) is 1. The number of nitrogens with one attached hydrogen (secondary N) is 2. The molecule has 2 N–H and O–H groups in total. The normalized spacial score (nSPS) is 10.7. The lowest BCUT2D eigenvalue weighted by Gasteiger charge is -2.09. The van der Waals surface area contributed by atoms with E-state index in [0.29, 0.717) is 23.6 Å². The van der Waals surface area contributed by atoms with Crippen molar-refractivity contribution in [1.82, 2.24) is 5.32 Å². The molecule has 140 valence electrons. The van der Waals surface area contributed by atoms with Crippen LogP contribution in [0.4, 0.5) is 5.69 Å². The Hall–Kier alpha value is -3.53. The molecule has 2 rings (SSSR count). The van der Waals surface area contributed by atoms with Gasteiger partial charge in [-0.1, -0.05) is 25.5 Å². The van der Waals surface area contributed by atoms with Crippen LogP contribution in [0.1, 0.15) is 35.9 Å². The molecule has 0 radical (unpaired) electrons. The number of ether oxygens (including phenoxy) is 1. The molecule has 0 atom stereocenters. The van der Waals surface area contributed by atoms with Gasteiger partial charge in [-0.25, -0.2) is 4.79 Å². The van der Waals surface area contributed by atoms with Crippen molar-refractivity contribution in [2.24, 2.45) is 0 Å². The molecule has 0 aliphatic carbocycles. The number of hydrogen-bond acceptors (Lipinski definition) is 6. The maximum atomic E-state index is 12.2. The van der Waals surface area contributed by atoms with Crippen molar-refractivity contribution in [2.45, 2.75) is 26.3 Å². The van der Waals surface area contributed by atoms with Gasteiger partial charge in [0.1, 0.15) is 17.4 Å². The van der Waals surface area contributed by atoms with E-state index in [0.717, 1.165) is 12.8 Å². The minimum absolute atomic E-state index is 0.129. The topological polar surface area (TPSA) is 104 Å². The van der Waals surface area contributed by atoms with Crippen LogP contribution < -0.4 is 10.6 Å².